The molecule has 1 unspecified atom stereocenters. The molecule has 2 amide bonds. The molecular weight excluding hydrogens is 650 g/mol. The minimum atomic E-state index is -3.39. The van der Waals surface area contributed by atoms with Crippen LogP contribution >= 0.6 is 0 Å². The number of alkyl carbamates (subject to hydrolysis) is 1. The average Bonchev–Trinajstić information content (AvgIpc) is 3.62. The summed E-state index contributed by atoms with van der Waals surface area (Å²) in [5.74, 6) is -4.16. The predicted molar refractivity (Wildman–Crippen MR) is 180 cm³/mol. The van der Waals surface area contributed by atoms with Crippen molar-refractivity contribution in [3.05, 3.63) is 23.9 Å². The highest BCUT2D eigenvalue weighted by atomic mass is 19.3. The first-order valence-corrected chi connectivity index (χ1v) is 17.9. The first kappa shape index (κ1) is 36.0. The number of hydrogen-bond donors (Lipinski definition) is 1. The molecule has 2 aliphatic carbocycles. The summed E-state index contributed by atoms with van der Waals surface area (Å²) in [6.07, 6.45) is 0.703. The molecule has 0 spiro atoms. The van der Waals surface area contributed by atoms with Gasteiger partial charge in [0.1, 0.15) is 30.0 Å². The normalized spacial score (nSPS) is 31.4. The van der Waals surface area contributed by atoms with Crippen molar-refractivity contribution in [2.24, 2.45) is 35.0 Å². The van der Waals surface area contributed by atoms with Crippen molar-refractivity contribution in [2.75, 3.05) is 20.3 Å². The summed E-state index contributed by atoms with van der Waals surface area (Å²) >= 11 is 0. The lowest BCUT2D eigenvalue weighted by Crippen LogP contribution is -2.57. The molecule has 1 aromatic heterocycles. The Bertz CT molecular complexity index is 1610. The molecule has 1 aromatic carbocycles. The number of alkyl halides is 2. The van der Waals surface area contributed by atoms with Gasteiger partial charge < -0.3 is 29.2 Å². The Hall–Kier alpha value is -3.77. The van der Waals surface area contributed by atoms with Crippen LogP contribution in [0, 0.1) is 35.0 Å². The van der Waals surface area contributed by atoms with Crippen LogP contribution in [0.3, 0.4) is 0 Å². The van der Waals surface area contributed by atoms with Crippen LogP contribution < -0.4 is 14.8 Å². The number of hydrogen-bond acceptors (Lipinski definition) is 9. The van der Waals surface area contributed by atoms with Gasteiger partial charge in [0, 0.05) is 18.4 Å². The number of fused-ring (bicyclic) bond motifs is 7. The molecule has 3 fully saturated rings. The summed E-state index contributed by atoms with van der Waals surface area (Å²) < 4.78 is 55.8. The Labute approximate surface area is 292 Å². The number of amides is 2. The van der Waals surface area contributed by atoms with E-state index >= 15 is 8.78 Å². The molecule has 2 aliphatic heterocycles. The molecule has 11 nitrogen and oxygen atoms in total. The van der Waals surface area contributed by atoms with E-state index in [9.17, 15) is 14.4 Å². The van der Waals surface area contributed by atoms with Crippen molar-refractivity contribution >= 4 is 29.0 Å². The predicted octanol–water partition coefficient (Wildman–Crippen LogP) is 6.26. The van der Waals surface area contributed by atoms with Crippen LogP contribution in [0.2, 0.25) is 0 Å². The summed E-state index contributed by atoms with van der Waals surface area (Å²) in [6.45, 7) is 11.0. The molecule has 50 heavy (non-hydrogen) atoms. The quantitative estimate of drug-likeness (QED) is 0.368. The van der Waals surface area contributed by atoms with Gasteiger partial charge in [0.05, 0.1) is 31.3 Å². The number of nitrogens with zero attached hydrogens (tertiary/aromatic N) is 3. The summed E-state index contributed by atoms with van der Waals surface area (Å²) in [5.41, 5.74) is -0.803. The zero-order valence-electron chi connectivity index (χ0n) is 30.0. The van der Waals surface area contributed by atoms with E-state index in [0.29, 0.717) is 35.9 Å². The molecule has 274 valence electrons. The van der Waals surface area contributed by atoms with E-state index in [1.54, 1.807) is 25.1 Å². The van der Waals surface area contributed by atoms with Crippen molar-refractivity contribution in [1.82, 2.24) is 20.2 Å². The van der Waals surface area contributed by atoms with E-state index in [2.05, 4.69) is 15.3 Å². The molecule has 4 aliphatic rings. The van der Waals surface area contributed by atoms with E-state index in [0.717, 1.165) is 12.8 Å². The molecule has 2 saturated carbocycles. The number of ether oxygens (including phenoxy) is 4. The fraction of sp³-hybridized carbons (Fsp3) is 0.703. The Morgan fingerprint density at radius 1 is 1.08 bits per heavy atom. The van der Waals surface area contributed by atoms with Gasteiger partial charge in [0.25, 0.3) is 5.92 Å². The Kier molecular flexibility index (Phi) is 9.91. The van der Waals surface area contributed by atoms with Gasteiger partial charge in [-0.1, -0.05) is 48.0 Å². The molecule has 13 heteroatoms. The molecule has 1 N–H and O–H groups in total. The number of carbonyl (C=O) groups excluding carboxylic acids is 3. The van der Waals surface area contributed by atoms with Gasteiger partial charge in [-0.15, -0.1) is 0 Å². The highest BCUT2D eigenvalue weighted by molar-refractivity contribution is 5.91. The van der Waals surface area contributed by atoms with Crippen LogP contribution in [-0.2, 0) is 25.0 Å². The highest BCUT2D eigenvalue weighted by Gasteiger charge is 2.55. The average molecular weight is 701 g/mol. The Balaban J connectivity index is 1.42. The lowest BCUT2D eigenvalue weighted by Gasteiger charge is -2.35. The number of esters is 1. The number of rotatable bonds is 4. The number of methoxy groups -OCH3 is 1. The smallest absolute Gasteiger partial charge is 0.408 e. The minimum absolute atomic E-state index is 0.0355. The number of halogens is 2. The number of nitrogens with one attached hydrogen (secondary N) is 1. The van der Waals surface area contributed by atoms with Gasteiger partial charge in [0.15, 0.2) is 5.69 Å². The topological polar surface area (TPSA) is 129 Å². The monoisotopic (exact) mass is 700 g/mol. The number of aromatic nitrogens is 2. The minimum Gasteiger partial charge on any atom is -0.497 e. The van der Waals surface area contributed by atoms with E-state index in [-0.39, 0.29) is 48.9 Å². The van der Waals surface area contributed by atoms with Crippen molar-refractivity contribution in [3.63, 3.8) is 0 Å². The van der Waals surface area contributed by atoms with Crippen LogP contribution in [-0.4, -0.2) is 77.4 Å². The summed E-state index contributed by atoms with van der Waals surface area (Å²) in [7, 11) is 1.49. The molecule has 2 aromatic rings. The third kappa shape index (κ3) is 7.32. The zero-order chi connectivity index (χ0) is 36.1. The standard InChI is InChI=1S/C37H50F2N4O7/c1-19(2)18-48-34(45)29-20(3)28-17-43(29)33(44)31(36(4,5)6)42-35(46)50-27-15-21-14-24(21)23(27)10-8-9-13-37(38,39)30-32(49-28)41-26-16-22(47-7)11-12-25(26)40-30/h11-12,16,19-21,23-24,27-29,31H,8-10,13-15,17-18H2,1-7H3,(H,42,46)/t20-,21?,23-,24+,27-,28+,29+,31-/m1/s1. The van der Waals surface area contributed by atoms with Crippen LogP contribution in [0.4, 0.5) is 13.6 Å². The summed E-state index contributed by atoms with van der Waals surface area (Å²) in [4.78, 5) is 51.9. The van der Waals surface area contributed by atoms with E-state index in [4.69, 9.17) is 18.9 Å². The van der Waals surface area contributed by atoms with Crippen molar-refractivity contribution in [2.45, 2.75) is 110 Å². The largest absolute Gasteiger partial charge is 0.497 e. The first-order chi connectivity index (χ1) is 23.6. The van der Waals surface area contributed by atoms with Crippen LogP contribution in [0.5, 0.6) is 11.6 Å². The molecule has 3 heterocycles. The second-order valence-electron chi connectivity index (χ2n) is 16.1. The second-order valence-corrected chi connectivity index (χ2v) is 16.1. The Morgan fingerprint density at radius 3 is 2.54 bits per heavy atom. The zero-order valence-corrected chi connectivity index (χ0v) is 30.0. The highest BCUT2D eigenvalue weighted by Crippen LogP contribution is 2.58. The molecular formula is C37H50F2N4O7. The van der Waals surface area contributed by atoms with Gasteiger partial charge in [0.2, 0.25) is 11.8 Å². The van der Waals surface area contributed by atoms with Crippen molar-refractivity contribution in [1.29, 1.82) is 0 Å². The van der Waals surface area contributed by atoms with Crippen molar-refractivity contribution in [3.8, 4) is 11.6 Å². The lowest BCUT2D eigenvalue weighted by atomic mass is 9.85. The third-order valence-electron chi connectivity index (χ3n) is 10.8. The van der Waals surface area contributed by atoms with Gasteiger partial charge in [-0.3, -0.25) is 4.79 Å². The fourth-order valence-electron chi connectivity index (χ4n) is 7.92. The number of benzene rings is 1. The first-order valence-electron chi connectivity index (χ1n) is 17.9. The fourth-order valence-corrected chi connectivity index (χ4v) is 7.92. The maximum absolute atomic E-state index is 16.2. The number of carbonyl (C=O) groups is 3. The van der Waals surface area contributed by atoms with Crippen LogP contribution in [0.15, 0.2) is 18.2 Å². The molecule has 6 rings (SSSR count). The lowest BCUT2D eigenvalue weighted by molar-refractivity contribution is -0.156. The second kappa shape index (κ2) is 13.7. The molecule has 8 atom stereocenters. The SMILES string of the molecule is COc1ccc2nc3c(nc2c1)O[C@H]1CN(C(=O)[C@H](C(C)(C)C)NC(=O)O[C@@H]2CC4C[C@@H]4[C@H]2CCCCC3(F)F)[C@H](C(=O)OCC(C)C)[C@@H]1C. The van der Waals surface area contributed by atoms with Crippen molar-refractivity contribution < 1.29 is 42.1 Å². The van der Waals surface area contributed by atoms with Gasteiger partial charge in [-0.25, -0.2) is 19.6 Å². The maximum atomic E-state index is 16.2. The van der Waals surface area contributed by atoms with Crippen LogP contribution in [0.25, 0.3) is 11.0 Å². The van der Waals surface area contributed by atoms with E-state index < -0.39 is 65.5 Å². The third-order valence-corrected chi connectivity index (χ3v) is 10.8. The van der Waals surface area contributed by atoms with Gasteiger partial charge >= 0.3 is 12.1 Å². The molecule has 1 saturated heterocycles. The van der Waals surface area contributed by atoms with Gasteiger partial charge in [-0.05, 0) is 66.9 Å². The Morgan fingerprint density at radius 2 is 1.84 bits per heavy atom. The maximum Gasteiger partial charge on any atom is 0.408 e. The van der Waals surface area contributed by atoms with Crippen LogP contribution in [0.1, 0.15) is 85.8 Å². The summed E-state index contributed by atoms with van der Waals surface area (Å²) in [6, 6.07) is 2.63. The van der Waals surface area contributed by atoms with E-state index in [1.807, 2.05) is 34.6 Å². The van der Waals surface area contributed by atoms with E-state index in [1.165, 1.54) is 12.0 Å². The molecule has 2 bridgehead atoms. The summed E-state index contributed by atoms with van der Waals surface area (Å²) in [5, 5.41) is 2.84. The van der Waals surface area contributed by atoms with Gasteiger partial charge in [-0.2, -0.15) is 8.78 Å². The molecule has 0 radical (unpaired) electrons.